The summed E-state index contributed by atoms with van der Waals surface area (Å²) >= 11 is 0. The van der Waals surface area contributed by atoms with E-state index >= 15 is 0 Å². The van der Waals surface area contributed by atoms with Crippen LogP contribution in [-0.2, 0) is 33.8 Å². The largest absolute Gasteiger partial charge is 0.464 e. The lowest BCUT2D eigenvalue weighted by Crippen LogP contribution is -2.43. The van der Waals surface area contributed by atoms with Gasteiger partial charge in [-0.25, -0.2) is 0 Å². The molecule has 0 saturated carbocycles. The summed E-state index contributed by atoms with van der Waals surface area (Å²) in [5, 5.41) is 0. The monoisotopic (exact) mass is 476 g/mol. The molecule has 0 aliphatic heterocycles. The Balaban J connectivity index is 1.70. The van der Waals surface area contributed by atoms with Crippen LogP contribution in [0.25, 0.3) is 0 Å². The van der Waals surface area contributed by atoms with Crippen LogP contribution in [0.3, 0.4) is 0 Å². The molecule has 0 unspecified atom stereocenters. The highest BCUT2D eigenvalue weighted by atomic mass is 16.5. The first kappa shape index (κ1) is 26.2. The molecule has 3 aromatic rings. The zero-order chi connectivity index (χ0) is 24.9. The van der Waals surface area contributed by atoms with Crippen LogP contribution in [0, 0.1) is 6.92 Å². The summed E-state index contributed by atoms with van der Waals surface area (Å²) in [5.41, 5.74) is 2.14. The van der Waals surface area contributed by atoms with Crippen LogP contribution in [0.15, 0.2) is 77.2 Å². The number of benzene rings is 2. The lowest BCUT2D eigenvalue weighted by Gasteiger charge is -2.27. The molecule has 2 amide bonds. The van der Waals surface area contributed by atoms with E-state index in [0.29, 0.717) is 52.1 Å². The molecule has 186 valence electrons. The van der Waals surface area contributed by atoms with Crippen molar-refractivity contribution < 1.29 is 18.7 Å². The fourth-order valence-electron chi connectivity index (χ4n) is 3.91. The summed E-state index contributed by atoms with van der Waals surface area (Å²) in [6, 6.07) is 23.6. The SMILES string of the molecule is CCOCCCN(CC(=O)N(Cc1ccccc1)Cc1ccc(C)o1)C(=O)CCc1ccccc1. The summed E-state index contributed by atoms with van der Waals surface area (Å²) in [6.45, 7) is 6.35. The molecular formula is C29H36N2O4. The van der Waals surface area contributed by atoms with Crippen LogP contribution >= 0.6 is 0 Å². The maximum absolute atomic E-state index is 13.5. The van der Waals surface area contributed by atoms with Crippen molar-refractivity contribution in [3.05, 3.63) is 95.4 Å². The van der Waals surface area contributed by atoms with Crippen LogP contribution in [0.2, 0.25) is 0 Å². The number of hydrogen-bond acceptors (Lipinski definition) is 4. The minimum Gasteiger partial charge on any atom is -0.464 e. The Bertz CT molecular complexity index is 1030. The Labute approximate surface area is 208 Å². The first-order chi connectivity index (χ1) is 17.0. The van der Waals surface area contributed by atoms with Crippen molar-refractivity contribution in [3.63, 3.8) is 0 Å². The average molecular weight is 477 g/mol. The fourth-order valence-corrected chi connectivity index (χ4v) is 3.91. The molecule has 0 aliphatic rings. The molecular weight excluding hydrogens is 440 g/mol. The maximum Gasteiger partial charge on any atom is 0.242 e. The third-order valence-electron chi connectivity index (χ3n) is 5.78. The van der Waals surface area contributed by atoms with Crippen molar-refractivity contribution in [1.29, 1.82) is 0 Å². The topological polar surface area (TPSA) is 63.0 Å². The third kappa shape index (κ3) is 9.06. The third-order valence-corrected chi connectivity index (χ3v) is 5.78. The molecule has 0 aliphatic carbocycles. The van der Waals surface area contributed by atoms with E-state index in [-0.39, 0.29) is 18.4 Å². The molecule has 0 N–H and O–H groups in total. The van der Waals surface area contributed by atoms with Crippen LogP contribution in [0.1, 0.15) is 42.4 Å². The average Bonchev–Trinajstić information content (AvgIpc) is 3.29. The van der Waals surface area contributed by atoms with Crippen molar-refractivity contribution in [2.24, 2.45) is 0 Å². The highest BCUT2D eigenvalue weighted by molar-refractivity contribution is 5.85. The summed E-state index contributed by atoms with van der Waals surface area (Å²) in [6.07, 6.45) is 1.70. The summed E-state index contributed by atoms with van der Waals surface area (Å²) in [5.74, 6) is 1.41. The molecule has 0 bridgehead atoms. The number of hydrogen-bond donors (Lipinski definition) is 0. The molecule has 35 heavy (non-hydrogen) atoms. The van der Waals surface area contributed by atoms with Gasteiger partial charge >= 0.3 is 0 Å². The molecule has 0 spiro atoms. The Morgan fingerprint density at radius 2 is 1.51 bits per heavy atom. The number of carbonyl (C=O) groups excluding carboxylic acids is 2. The first-order valence-electron chi connectivity index (χ1n) is 12.3. The molecule has 6 heteroatoms. The molecule has 2 aromatic carbocycles. The Kier molecular flexibility index (Phi) is 10.6. The van der Waals surface area contributed by atoms with Crippen LogP contribution < -0.4 is 0 Å². The number of carbonyl (C=O) groups is 2. The number of aryl methyl sites for hydroxylation is 2. The van der Waals surface area contributed by atoms with Gasteiger partial charge < -0.3 is 19.0 Å². The van der Waals surface area contributed by atoms with E-state index < -0.39 is 0 Å². The van der Waals surface area contributed by atoms with Gasteiger partial charge in [-0.05, 0) is 49.9 Å². The normalized spacial score (nSPS) is 10.8. The highest BCUT2D eigenvalue weighted by Crippen LogP contribution is 2.14. The summed E-state index contributed by atoms with van der Waals surface area (Å²) in [7, 11) is 0. The van der Waals surface area contributed by atoms with Crippen LogP contribution in [0.4, 0.5) is 0 Å². The van der Waals surface area contributed by atoms with E-state index in [4.69, 9.17) is 9.15 Å². The van der Waals surface area contributed by atoms with Crippen molar-refractivity contribution in [2.45, 2.75) is 46.2 Å². The number of rotatable bonds is 14. The number of ether oxygens (including phenoxy) is 1. The standard InChI is InChI=1S/C29H36N2O4/c1-3-34-20-10-19-30(28(32)18-16-25-11-6-4-7-12-25)23-29(33)31(21-26-13-8-5-9-14-26)22-27-17-15-24(2)35-27/h4-9,11-15,17H,3,10,16,18-23H2,1-2H3. The van der Waals surface area contributed by atoms with E-state index in [1.54, 1.807) is 9.80 Å². The van der Waals surface area contributed by atoms with Gasteiger partial charge in [0.25, 0.3) is 0 Å². The minimum absolute atomic E-state index is 0.0211. The molecule has 1 aromatic heterocycles. The van der Waals surface area contributed by atoms with Crippen molar-refractivity contribution in [2.75, 3.05) is 26.3 Å². The second kappa shape index (κ2) is 14.1. The highest BCUT2D eigenvalue weighted by Gasteiger charge is 2.22. The van der Waals surface area contributed by atoms with E-state index in [1.165, 1.54) is 0 Å². The molecule has 6 nitrogen and oxygen atoms in total. The lowest BCUT2D eigenvalue weighted by molar-refractivity contribution is -0.141. The Hall–Kier alpha value is -3.38. The predicted octanol–water partition coefficient (Wildman–Crippen LogP) is 5.00. The van der Waals surface area contributed by atoms with Crippen LogP contribution in [0.5, 0.6) is 0 Å². The van der Waals surface area contributed by atoms with Crippen molar-refractivity contribution in [1.82, 2.24) is 9.80 Å². The van der Waals surface area contributed by atoms with Gasteiger partial charge in [-0.2, -0.15) is 0 Å². The van der Waals surface area contributed by atoms with Crippen LogP contribution in [-0.4, -0.2) is 47.9 Å². The second-order valence-electron chi connectivity index (χ2n) is 8.60. The van der Waals surface area contributed by atoms with E-state index in [9.17, 15) is 9.59 Å². The van der Waals surface area contributed by atoms with E-state index in [2.05, 4.69) is 0 Å². The van der Waals surface area contributed by atoms with Gasteiger partial charge in [0.1, 0.15) is 11.5 Å². The fraction of sp³-hybridized carbons (Fsp3) is 0.379. The van der Waals surface area contributed by atoms with Gasteiger partial charge in [-0.15, -0.1) is 0 Å². The molecule has 1 heterocycles. The molecule has 3 rings (SSSR count). The summed E-state index contributed by atoms with van der Waals surface area (Å²) < 4.78 is 11.2. The number of nitrogens with zero attached hydrogens (tertiary/aromatic N) is 2. The molecule has 0 radical (unpaired) electrons. The quantitative estimate of drug-likeness (QED) is 0.307. The minimum atomic E-state index is -0.104. The van der Waals surface area contributed by atoms with Gasteiger partial charge in [0.05, 0.1) is 13.1 Å². The first-order valence-corrected chi connectivity index (χ1v) is 12.3. The zero-order valence-electron chi connectivity index (χ0n) is 20.8. The number of amides is 2. The van der Waals surface area contributed by atoms with Gasteiger partial charge in [-0.3, -0.25) is 9.59 Å². The molecule has 0 atom stereocenters. The van der Waals surface area contributed by atoms with Gasteiger partial charge in [0, 0.05) is 32.7 Å². The van der Waals surface area contributed by atoms with Gasteiger partial charge in [0.2, 0.25) is 11.8 Å². The molecule has 0 saturated heterocycles. The smallest absolute Gasteiger partial charge is 0.242 e. The van der Waals surface area contributed by atoms with Gasteiger partial charge in [0.15, 0.2) is 0 Å². The summed E-state index contributed by atoms with van der Waals surface area (Å²) in [4.78, 5) is 30.1. The lowest BCUT2D eigenvalue weighted by atomic mass is 10.1. The second-order valence-corrected chi connectivity index (χ2v) is 8.60. The van der Waals surface area contributed by atoms with E-state index in [0.717, 1.165) is 22.6 Å². The Morgan fingerprint density at radius 1 is 0.829 bits per heavy atom. The van der Waals surface area contributed by atoms with Crippen molar-refractivity contribution in [3.8, 4) is 0 Å². The maximum atomic E-state index is 13.5. The predicted molar refractivity (Wildman–Crippen MR) is 137 cm³/mol. The molecule has 0 fully saturated rings. The number of furan rings is 1. The Morgan fingerprint density at radius 3 is 2.14 bits per heavy atom. The van der Waals surface area contributed by atoms with E-state index in [1.807, 2.05) is 86.6 Å². The van der Waals surface area contributed by atoms with Gasteiger partial charge in [-0.1, -0.05) is 60.7 Å². The van der Waals surface area contributed by atoms with Crippen molar-refractivity contribution >= 4 is 11.8 Å². The zero-order valence-corrected chi connectivity index (χ0v) is 20.8.